The smallest absolute Gasteiger partial charge is 0.407 e. The molecule has 2 aliphatic rings. The van der Waals surface area contributed by atoms with Crippen molar-refractivity contribution in [2.75, 3.05) is 77.7 Å². The molecule has 2 aliphatic heterocycles. The topological polar surface area (TPSA) is 359 Å². The Morgan fingerprint density at radius 1 is 0.940 bits per heavy atom. The number of nitriles is 1. The number of hydrogen-bond donors (Lipinski definition) is 9. The number of fused-ring (bicyclic) bond motifs is 1. The molecule has 0 saturated carbocycles. The number of anilines is 1. The SMILES string of the molecule is CCCN(OCC)C(=O)C1=Cc2cc(SNCCOCCOCCC(=O)NC(CCCCNC(=O)OCc3ccc(OC4CC(O)CC(C(=O)O)O4)c(NC(=O)CCN)c3)C(=O)NCCC(C)(C)OCCC(C)(C)[B]C#N)ccc2N=C(N)C1. The first-order valence-electron chi connectivity index (χ1n) is 28.5. The van der Waals surface area contributed by atoms with E-state index in [9.17, 15) is 39.0 Å². The summed E-state index contributed by atoms with van der Waals surface area (Å²) in [6, 6.07) is 9.44. The Bertz CT molecular complexity index is 2560. The summed E-state index contributed by atoms with van der Waals surface area (Å²) in [5.41, 5.74) is 13.8. The molecule has 2 aromatic rings. The van der Waals surface area contributed by atoms with Gasteiger partial charge in [-0.15, -0.1) is 0 Å². The first-order chi connectivity index (χ1) is 40.1. The number of hydrogen-bond acceptors (Lipinski definition) is 20. The lowest BCUT2D eigenvalue weighted by Crippen LogP contribution is -2.48. The van der Waals surface area contributed by atoms with Crippen LogP contribution in [0, 0.1) is 11.2 Å². The monoisotopic (exact) mass is 1190 g/mol. The third-order valence-corrected chi connectivity index (χ3v) is 13.8. The fourth-order valence-electron chi connectivity index (χ4n) is 8.42. The molecule has 1 fully saturated rings. The minimum absolute atomic E-state index is 0.000761. The minimum Gasteiger partial charge on any atom is -0.479 e. The molecular weight excluding hydrogens is 1110 g/mol. The van der Waals surface area contributed by atoms with E-state index in [2.05, 4.69) is 37.0 Å². The van der Waals surface area contributed by atoms with Crippen LogP contribution in [0.3, 0.4) is 0 Å². The molecule has 4 rings (SSSR count). The highest BCUT2D eigenvalue weighted by atomic mass is 32.2. The summed E-state index contributed by atoms with van der Waals surface area (Å²) in [5.74, 6) is -0.105. The lowest BCUT2D eigenvalue weighted by Gasteiger charge is -2.31. The lowest BCUT2D eigenvalue weighted by atomic mass is 9.54. The number of rotatable bonds is 39. The van der Waals surface area contributed by atoms with Gasteiger partial charge in [-0.1, -0.05) is 26.8 Å². The van der Waals surface area contributed by atoms with Crippen LogP contribution >= 0.6 is 11.9 Å². The van der Waals surface area contributed by atoms with Crippen LogP contribution < -0.4 is 42.2 Å². The van der Waals surface area contributed by atoms with Crippen LogP contribution in [0.25, 0.3) is 6.08 Å². The Labute approximate surface area is 497 Å². The predicted octanol–water partition coefficient (Wildman–Crippen LogP) is 4.95. The molecule has 25 nitrogen and oxygen atoms in total. The molecule has 1 radical (unpaired) electrons. The van der Waals surface area contributed by atoms with E-state index in [1.807, 2.05) is 65.8 Å². The van der Waals surface area contributed by atoms with Crippen LogP contribution in [0.2, 0.25) is 5.31 Å². The number of amides is 5. The molecule has 0 bridgehead atoms. The minimum atomic E-state index is -1.28. The van der Waals surface area contributed by atoms with E-state index in [1.165, 1.54) is 29.1 Å². The van der Waals surface area contributed by atoms with Crippen LogP contribution in [0.1, 0.15) is 123 Å². The van der Waals surface area contributed by atoms with E-state index >= 15 is 0 Å². The molecule has 0 aromatic heterocycles. The summed E-state index contributed by atoms with van der Waals surface area (Å²) in [6.45, 7) is 14.7. The number of alkyl carbamates (subject to hydrolysis) is 1. The van der Waals surface area contributed by atoms with Crippen LogP contribution in [-0.4, -0.2) is 167 Å². The maximum atomic E-state index is 13.6. The molecule has 1 saturated heterocycles. The van der Waals surface area contributed by atoms with E-state index in [4.69, 9.17) is 50.0 Å². The number of aliphatic hydroxyl groups is 1. The van der Waals surface area contributed by atoms with Gasteiger partial charge in [-0.2, -0.15) is 0 Å². The van der Waals surface area contributed by atoms with Crippen LogP contribution in [0.4, 0.5) is 16.2 Å². The number of unbranched alkanes of at least 4 members (excludes halogenated alkanes) is 1. The van der Waals surface area contributed by atoms with Gasteiger partial charge in [0.15, 0.2) is 6.10 Å². The van der Waals surface area contributed by atoms with Gasteiger partial charge in [0.05, 0.1) is 56.1 Å². The van der Waals surface area contributed by atoms with Gasteiger partial charge in [0, 0.05) is 87.5 Å². The number of nitrogens with one attached hydrogen (secondary N) is 5. The summed E-state index contributed by atoms with van der Waals surface area (Å²) in [4.78, 5) is 87.9. The number of ether oxygens (including phenoxy) is 6. The number of carbonyl (C=O) groups is 6. The average molecular weight is 1190 g/mol. The Morgan fingerprint density at radius 2 is 1.71 bits per heavy atom. The third kappa shape index (κ3) is 26.7. The van der Waals surface area contributed by atoms with Crippen LogP contribution in [0.15, 0.2) is 51.9 Å². The average Bonchev–Trinajstić information content (AvgIpc) is 3.83. The van der Waals surface area contributed by atoms with Crippen molar-refractivity contribution in [2.24, 2.45) is 16.5 Å². The zero-order chi connectivity index (χ0) is 61.5. The number of benzene rings is 2. The molecule has 0 spiro atoms. The summed E-state index contributed by atoms with van der Waals surface area (Å²) in [6.07, 6.45) is 0.813. The van der Waals surface area contributed by atoms with Gasteiger partial charge in [-0.3, -0.25) is 28.7 Å². The van der Waals surface area contributed by atoms with Crippen molar-refractivity contribution in [3.63, 3.8) is 0 Å². The number of aliphatic imine (C=N–C) groups is 1. The first-order valence-corrected chi connectivity index (χ1v) is 29.3. The molecule has 5 amide bonds. The molecule has 84 heavy (non-hydrogen) atoms. The number of amidine groups is 1. The number of carboxylic acid groups (broad SMARTS) is 1. The van der Waals surface area contributed by atoms with Gasteiger partial charge in [-0.25, -0.2) is 24.9 Å². The number of aliphatic hydroxyl groups excluding tert-OH is 1. The molecule has 2 aromatic carbocycles. The first kappa shape index (κ1) is 70.1. The molecule has 463 valence electrons. The van der Waals surface area contributed by atoms with E-state index in [-0.39, 0.29) is 119 Å². The number of nitrogens with zero attached hydrogens (tertiary/aromatic N) is 3. The quantitative estimate of drug-likeness (QED) is 0.0185. The van der Waals surface area contributed by atoms with Crippen molar-refractivity contribution in [1.29, 1.82) is 5.26 Å². The van der Waals surface area contributed by atoms with Crippen molar-refractivity contribution in [1.82, 2.24) is 25.7 Å². The second-order valence-corrected chi connectivity index (χ2v) is 22.3. The fraction of sp³-hybridized carbons (Fsp3) is 0.614. The van der Waals surface area contributed by atoms with Gasteiger partial charge >= 0.3 is 12.1 Å². The van der Waals surface area contributed by atoms with E-state index in [0.717, 1.165) is 16.9 Å². The number of carbonyl (C=O) groups excluding carboxylic acids is 5. The highest BCUT2D eigenvalue weighted by Crippen LogP contribution is 2.33. The van der Waals surface area contributed by atoms with Gasteiger partial charge in [0.1, 0.15) is 24.2 Å². The van der Waals surface area contributed by atoms with Gasteiger partial charge < -0.3 is 71.4 Å². The number of aliphatic carboxylic acids is 1. The fourth-order valence-corrected chi connectivity index (χ4v) is 9.10. The predicted molar refractivity (Wildman–Crippen MR) is 317 cm³/mol. The molecule has 4 atom stereocenters. The van der Waals surface area contributed by atoms with Crippen molar-refractivity contribution >= 4 is 78.2 Å². The number of hydroxylamine groups is 2. The zero-order valence-corrected chi connectivity index (χ0v) is 50.1. The Hall–Kier alpha value is -6.35. The second kappa shape index (κ2) is 37.2. The number of carboxylic acids is 1. The van der Waals surface area contributed by atoms with Gasteiger partial charge in [-0.05, 0) is 124 Å². The van der Waals surface area contributed by atoms with Gasteiger partial charge in [0.25, 0.3) is 13.2 Å². The van der Waals surface area contributed by atoms with Crippen molar-refractivity contribution < 1.29 is 72.2 Å². The summed E-state index contributed by atoms with van der Waals surface area (Å²) >= 11 is 1.41. The molecular formula is C57H86BN10O15S. The van der Waals surface area contributed by atoms with E-state index in [1.54, 1.807) is 13.3 Å². The summed E-state index contributed by atoms with van der Waals surface area (Å²) in [5, 5.41) is 40.9. The van der Waals surface area contributed by atoms with Gasteiger partial charge in [0.2, 0.25) is 24.0 Å². The summed E-state index contributed by atoms with van der Waals surface area (Å²) < 4.78 is 37.6. The molecule has 4 unspecified atom stereocenters. The molecule has 2 heterocycles. The zero-order valence-electron chi connectivity index (χ0n) is 49.3. The Morgan fingerprint density at radius 3 is 2.44 bits per heavy atom. The Kier molecular flexibility index (Phi) is 31.0. The highest BCUT2D eigenvalue weighted by Gasteiger charge is 2.35. The van der Waals surface area contributed by atoms with Crippen molar-refractivity contribution in [3.8, 4) is 11.7 Å². The lowest BCUT2D eigenvalue weighted by molar-refractivity contribution is -0.195. The largest absolute Gasteiger partial charge is 0.479 e. The maximum absolute atomic E-state index is 13.6. The molecule has 11 N–H and O–H groups in total. The van der Waals surface area contributed by atoms with E-state index in [0.29, 0.717) is 81.3 Å². The molecule has 0 aliphatic carbocycles. The number of nitrogens with two attached hydrogens (primary N) is 2. The molecule has 27 heteroatoms. The van der Waals surface area contributed by atoms with E-state index < -0.39 is 48.1 Å². The van der Waals surface area contributed by atoms with Crippen LogP contribution in [-0.2, 0) is 59.1 Å². The standard InChI is InChI=1S/C57H86BN10O15S/c1-7-24-68(81-8-2)53(73)40-31-39-32-42(13-14-43(39)65-48(61)33-40)84-64-23-27-78-29-28-77-25-17-50(71)66-44(52(72)62-22-18-57(5,6)80-26-19-56(3,4)58-37-60)11-9-10-21-63-55(76)79-36-38-12-15-46(45(30-38)67-49(70)16-20-59)82-51-35-41(69)34-47(83-51)54(74)75/h12-15,30-32,41,44,47,51,64,69H,7-11,16-29,33-36,59H2,1-6H3,(H2,61,65)(H,62,72)(H,63,76)(H,66,71)(H,67,70)(H,74,75). The Balaban J connectivity index is 1.21. The van der Waals surface area contributed by atoms with Crippen molar-refractivity contribution in [2.45, 2.75) is 159 Å². The highest BCUT2D eigenvalue weighted by molar-refractivity contribution is 7.97. The maximum Gasteiger partial charge on any atom is 0.407 e. The third-order valence-electron chi connectivity index (χ3n) is 13.0. The second-order valence-electron chi connectivity index (χ2n) is 21.3. The van der Waals surface area contributed by atoms with Crippen molar-refractivity contribution in [3.05, 3.63) is 53.1 Å². The van der Waals surface area contributed by atoms with Crippen LogP contribution in [0.5, 0.6) is 5.75 Å². The normalized spacial score (nSPS) is 16.3. The summed E-state index contributed by atoms with van der Waals surface area (Å²) in [7, 11) is 1.58.